The molecule has 0 amide bonds. The van der Waals surface area contributed by atoms with Crippen molar-refractivity contribution >= 4 is 8.32 Å². The molecule has 0 unspecified atom stereocenters. The Kier molecular flexibility index (Phi) is 6.54. The number of hydrogen-bond acceptors (Lipinski definition) is 5. The van der Waals surface area contributed by atoms with E-state index in [1.165, 1.54) is 4.57 Å². The number of nitrogens with zero attached hydrogens (tertiary/aromatic N) is 1. The minimum atomic E-state index is -2.02. The first-order valence-electron chi connectivity index (χ1n) is 9.34. The van der Waals surface area contributed by atoms with Crippen LogP contribution in [0.15, 0.2) is 28.1 Å². The van der Waals surface area contributed by atoms with E-state index in [0.29, 0.717) is 18.6 Å². The lowest BCUT2D eigenvalue weighted by Gasteiger charge is -2.39. The molecule has 0 aromatic carbocycles. The molecule has 1 N–H and O–H groups in total. The van der Waals surface area contributed by atoms with Gasteiger partial charge in [0.05, 0.1) is 12.4 Å². The molecule has 1 aromatic rings. The predicted octanol–water partition coefficient (Wildman–Crippen LogP) is 3.07. The van der Waals surface area contributed by atoms with Crippen molar-refractivity contribution in [3.8, 4) is 0 Å². The summed E-state index contributed by atoms with van der Waals surface area (Å²) in [6, 6.07) is 0. The first-order chi connectivity index (χ1) is 12.5. The maximum atomic E-state index is 12.3. The molecule has 1 aromatic heterocycles. The maximum Gasteiger partial charge on any atom is 0.330 e. The minimum Gasteiger partial charge on any atom is -0.499 e. The van der Waals surface area contributed by atoms with Crippen molar-refractivity contribution in [2.45, 2.75) is 77.6 Å². The third kappa shape index (κ3) is 5.00. The fourth-order valence-electron chi connectivity index (χ4n) is 2.75. The molecule has 2 rings (SSSR count). The van der Waals surface area contributed by atoms with E-state index in [4.69, 9.17) is 13.9 Å². The van der Waals surface area contributed by atoms with E-state index >= 15 is 0 Å². The highest BCUT2D eigenvalue weighted by Crippen LogP contribution is 2.41. The molecular formula is C19H32N2O5Si. The van der Waals surface area contributed by atoms with Gasteiger partial charge in [0.1, 0.15) is 18.9 Å². The second-order valence-electron chi connectivity index (χ2n) is 8.56. The Morgan fingerprint density at radius 3 is 2.63 bits per heavy atom. The number of hydrogen-bond donors (Lipinski definition) is 1. The molecule has 152 valence electrons. The Morgan fingerprint density at radius 2 is 2.04 bits per heavy atom. The Morgan fingerprint density at radius 1 is 1.37 bits per heavy atom. The van der Waals surface area contributed by atoms with Crippen LogP contribution >= 0.6 is 0 Å². The van der Waals surface area contributed by atoms with Gasteiger partial charge in [0.2, 0.25) is 0 Å². The fraction of sp³-hybridized carbons (Fsp3) is 0.684. The van der Waals surface area contributed by atoms with Crippen molar-refractivity contribution in [3.05, 3.63) is 44.9 Å². The van der Waals surface area contributed by atoms with Gasteiger partial charge in [-0.1, -0.05) is 26.8 Å². The van der Waals surface area contributed by atoms with Crippen LogP contribution in [0.2, 0.25) is 18.1 Å². The number of aryl methyl sites for hydroxylation is 1. The van der Waals surface area contributed by atoms with Gasteiger partial charge in [-0.3, -0.25) is 14.3 Å². The summed E-state index contributed by atoms with van der Waals surface area (Å²) in [5.74, 6) is 0. The number of rotatable bonds is 6. The summed E-state index contributed by atoms with van der Waals surface area (Å²) in [6.45, 7) is 14.8. The highest BCUT2D eigenvalue weighted by atomic mass is 28.4. The Hall–Kier alpha value is -1.64. The fourth-order valence-corrected chi connectivity index (χ4v) is 4.11. The number of aromatic nitrogens is 2. The molecule has 1 aliphatic heterocycles. The smallest absolute Gasteiger partial charge is 0.330 e. The number of nitrogens with one attached hydrogen (secondary N) is 1. The van der Waals surface area contributed by atoms with Gasteiger partial charge in [0.15, 0.2) is 8.32 Å². The van der Waals surface area contributed by atoms with Crippen LogP contribution in [0.3, 0.4) is 0 Å². The molecule has 8 heteroatoms. The molecule has 3 atom stereocenters. The van der Waals surface area contributed by atoms with E-state index in [9.17, 15) is 9.59 Å². The molecule has 0 spiro atoms. The standard InChI is InChI=1S/C19H32N2O5Si/c1-8-9-24-12-15-14(26-27(6,7)19(3,4)5)10-16(25-15)21-11-13(2)17(22)20-18(21)23/h8-9,11,14-16H,10,12H2,1-7H3,(H,20,22,23)/t14-,15+,16+/m0/s1. The zero-order valence-electron chi connectivity index (χ0n) is 17.4. The normalized spacial score (nSPS) is 23.9. The molecule has 0 saturated carbocycles. The number of H-pyrrole nitrogens is 1. The molecule has 0 aliphatic carbocycles. The Bertz CT molecular complexity index is 791. The largest absolute Gasteiger partial charge is 0.499 e. The van der Waals surface area contributed by atoms with Crippen LogP contribution in [0.25, 0.3) is 0 Å². The van der Waals surface area contributed by atoms with Crippen molar-refractivity contribution in [3.63, 3.8) is 0 Å². The van der Waals surface area contributed by atoms with Gasteiger partial charge in [0.25, 0.3) is 5.56 Å². The number of allylic oxidation sites excluding steroid dienone is 1. The van der Waals surface area contributed by atoms with Crippen molar-refractivity contribution in [2.24, 2.45) is 0 Å². The minimum absolute atomic E-state index is 0.0607. The molecule has 0 radical (unpaired) electrons. The summed E-state index contributed by atoms with van der Waals surface area (Å²) >= 11 is 0. The zero-order chi connectivity index (χ0) is 20.4. The van der Waals surface area contributed by atoms with Gasteiger partial charge in [-0.05, 0) is 32.0 Å². The van der Waals surface area contributed by atoms with Crippen LogP contribution in [-0.2, 0) is 13.9 Å². The lowest BCUT2D eigenvalue weighted by Crippen LogP contribution is -2.46. The molecule has 7 nitrogen and oxygen atoms in total. The van der Waals surface area contributed by atoms with Crippen molar-refractivity contribution < 1.29 is 13.9 Å². The second kappa shape index (κ2) is 8.16. The molecule has 1 fully saturated rings. The third-order valence-electron chi connectivity index (χ3n) is 5.38. The van der Waals surface area contributed by atoms with Crippen LogP contribution in [0.4, 0.5) is 0 Å². The summed E-state index contributed by atoms with van der Waals surface area (Å²) in [5.41, 5.74) is -0.387. The van der Waals surface area contributed by atoms with E-state index in [1.807, 2.05) is 13.0 Å². The SMILES string of the molecule is CC=COC[C@H]1O[C@@H](n2cc(C)c(=O)[nH]c2=O)C[C@@H]1O[Si](C)(C)C(C)(C)C. The van der Waals surface area contributed by atoms with Crippen LogP contribution in [-0.4, -0.2) is 36.7 Å². The average molecular weight is 397 g/mol. The predicted molar refractivity (Wildman–Crippen MR) is 107 cm³/mol. The van der Waals surface area contributed by atoms with Gasteiger partial charge >= 0.3 is 5.69 Å². The summed E-state index contributed by atoms with van der Waals surface area (Å²) in [6.07, 6.45) is 4.54. The van der Waals surface area contributed by atoms with E-state index in [1.54, 1.807) is 19.4 Å². The summed E-state index contributed by atoms with van der Waals surface area (Å²) in [5, 5.41) is 0.0607. The Balaban J connectivity index is 2.28. The van der Waals surface area contributed by atoms with Crippen molar-refractivity contribution in [1.82, 2.24) is 9.55 Å². The monoisotopic (exact) mass is 396 g/mol. The van der Waals surface area contributed by atoms with Crippen LogP contribution in [0.5, 0.6) is 0 Å². The lowest BCUT2D eigenvalue weighted by atomic mass is 10.2. The molecule has 1 aliphatic rings. The van der Waals surface area contributed by atoms with Gasteiger partial charge in [-0.25, -0.2) is 4.79 Å². The van der Waals surface area contributed by atoms with E-state index in [0.717, 1.165) is 0 Å². The van der Waals surface area contributed by atoms with E-state index in [-0.39, 0.29) is 22.8 Å². The average Bonchev–Trinajstić information content (AvgIpc) is 2.92. The second-order valence-corrected chi connectivity index (χ2v) is 13.3. The molecular weight excluding hydrogens is 364 g/mol. The molecule has 0 bridgehead atoms. The first-order valence-corrected chi connectivity index (χ1v) is 12.2. The van der Waals surface area contributed by atoms with Crippen molar-refractivity contribution in [2.75, 3.05) is 6.61 Å². The highest BCUT2D eigenvalue weighted by Gasteiger charge is 2.45. The maximum absolute atomic E-state index is 12.3. The quantitative estimate of drug-likeness (QED) is 0.590. The van der Waals surface area contributed by atoms with Gasteiger partial charge in [-0.15, -0.1) is 0 Å². The molecule has 27 heavy (non-hydrogen) atoms. The summed E-state index contributed by atoms with van der Waals surface area (Å²) in [7, 11) is -2.02. The van der Waals surface area contributed by atoms with Crippen LogP contribution in [0, 0.1) is 6.92 Å². The zero-order valence-corrected chi connectivity index (χ0v) is 18.4. The third-order valence-corrected chi connectivity index (χ3v) is 9.89. The van der Waals surface area contributed by atoms with E-state index in [2.05, 4.69) is 38.8 Å². The number of ether oxygens (including phenoxy) is 2. The molecule has 2 heterocycles. The topological polar surface area (TPSA) is 82.5 Å². The number of aromatic amines is 1. The lowest BCUT2D eigenvalue weighted by molar-refractivity contribution is -0.0465. The molecule has 1 saturated heterocycles. The first kappa shape index (κ1) is 21.7. The van der Waals surface area contributed by atoms with Gasteiger partial charge < -0.3 is 13.9 Å². The highest BCUT2D eigenvalue weighted by molar-refractivity contribution is 6.74. The van der Waals surface area contributed by atoms with Crippen LogP contribution in [0.1, 0.15) is 45.9 Å². The van der Waals surface area contributed by atoms with Gasteiger partial charge in [0, 0.05) is 18.2 Å². The Labute approximate surface area is 161 Å². The van der Waals surface area contributed by atoms with Crippen molar-refractivity contribution in [1.29, 1.82) is 0 Å². The summed E-state index contributed by atoms with van der Waals surface area (Å²) < 4.78 is 19.7. The summed E-state index contributed by atoms with van der Waals surface area (Å²) in [4.78, 5) is 26.2. The van der Waals surface area contributed by atoms with Crippen LogP contribution < -0.4 is 11.2 Å². The van der Waals surface area contributed by atoms with E-state index < -0.39 is 20.2 Å². The van der Waals surface area contributed by atoms with Gasteiger partial charge in [-0.2, -0.15) is 0 Å².